The lowest BCUT2D eigenvalue weighted by atomic mass is 9.84. The van der Waals surface area contributed by atoms with Crippen LogP contribution in [-0.4, -0.2) is 23.0 Å². The number of aliphatic carboxylic acids is 1. The Morgan fingerprint density at radius 3 is 2.70 bits per heavy atom. The molecule has 1 aromatic carbocycles. The van der Waals surface area contributed by atoms with Crippen LogP contribution in [0, 0.1) is 12.8 Å². The van der Waals surface area contributed by atoms with Crippen LogP contribution in [-0.2, 0) is 4.79 Å². The zero-order valence-corrected chi connectivity index (χ0v) is 12.1. The number of benzene rings is 1. The van der Waals surface area contributed by atoms with Gasteiger partial charge in [-0.15, -0.1) is 0 Å². The highest BCUT2D eigenvalue weighted by atomic mass is 35.5. The van der Waals surface area contributed by atoms with Gasteiger partial charge in [-0.1, -0.05) is 30.5 Å². The molecule has 0 saturated heterocycles. The molecule has 108 valence electrons. The average Bonchev–Trinajstić information content (AvgIpc) is 2.42. The molecule has 4 nitrogen and oxygen atoms in total. The number of carbonyl (C=O) groups excluding carboxylic acids is 1. The maximum Gasteiger partial charge on any atom is 0.308 e. The van der Waals surface area contributed by atoms with E-state index >= 15 is 0 Å². The average molecular weight is 296 g/mol. The van der Waals surface area contributed by atoms with Gasteiger partial charge in [0.25, 0.3) is 5.91 Å². The molecule has 2 unspecified atom stereocenters. The smallest absolute Gasteiger partial charge is 0.308 e. The molecule has 0 heterocycles. The molecule has 1 amide bonds. The van der Waals surface area contributed by atoms with Crippen LogP contribution >= 0.6 is 11.6 Å². The molecule has 1 aromatic rings. The lowest BCUT2D eigenvalue weighted by Gasteiger charge is -2.29. The van der Waals surface area contributed by atoms with Crippen LogP contribution in [0.5, 0.6) is 0 Å². The maximum absolute atomic E-state index is 12.3. The van der Waals surface area contributed by atoms with E-state index in [1.807, 2.05) is 0 Å². The van der Waals surface area contributed by atoms with Gasteiger partial charge in [-0.05, 0) is 37.5 Å². The molecule has 20 heavy (non-hydrogen) atoms. The second kappa shape index (κ2) is 6.27. The van der Waals surface area contributed by atoms with Gasteiger partial charge < -0.3 is 10.4 Å². The summed E-state index contributed by atoms with van der Waals surface area (Å²) < 4.78 is 0. The summed E-state index contributed by atoms with van der Waals surface area (Å²) in [5.74, 6) is -1.58. The zero-order valence-electron chi connectivity index (χ0n) is 11.4. The summed E-state index contributed by atoms with van der Waals surface area (Å²) in [6, 6.07) is 4.86. The van der Waals surface area contributed by atoms with Crippen LogP contribution in [0.3, 0.4) is 0 Å². The van der Waals surface area contributed by atoms with Crippen molar-refractivity contribution in [1.29, 1.82) is 0 Å². The summed E-state index contributed by atoms with van der Waals surface area (Å²) in [6.45, 7) is 1.78. The summed E-state index contributed by atoms with van der Waals surface area (Å²) in [5, 5.41) is 12.6. The summed E-state index contributed by atoms with van der Waals surface area (Å²) in [5.41, 5.74) is 1.22. The van der Waals surface area contributed by atoms with E-state index in [-0.39, 0.29) is 11.9 Å². The zero-order chi connectivity index (χ0) is 14.7. The predicted molar refractivity (Wildman–Crippen MR) is 77.0 cm³/mol. The Bertz CT molecular complexity index is 530. The fourth-order valence-electron chi connectivity index (χ4n) is 2.70. The number of nitrogens with one attached hydrogen (secondary N) is 1. The van der Waals surface area contributed by atoms with E-state index in [4.69, 9.17) is 11.6 Å². The summed E-state index contributed by atoms with van der Waals surface area (Å²) in [7, 11) is 0. The third-order valence-corrected chi connectivity index (χ3v) is 4.32. The Morgan fingerprint density at radius 2 is 2.00 bits per heavy atom. The first-order valence-corrected chi connectivity index (χ1v) is 7.17. The number of carboxylic acid groups (broad SMARTS) is 1. The van der Waals surface area contributed by atoms with Gasteiger partial charge in [-0.3, -0.25) is 9.59 Å². The van der Waals surface area contributed by atoms with Crippen molar-refractivity contribution in [3.8, 4) is 0 Å². The Balaban J connectivity index is 2.14. The van der Waals surface area contributed by atoms with Gasteiger partial charge in [0.05, 0.1) is 5.92 Å². The van der Waals surface area contributed by atoms with E-state index in [0.29, 0.717) is 29.0 Å². The van der Waals surface area contributed by atoms with E-state index in [1.54, 1.807) is 25.1 Å². The van der Waals surface area contributed by atoms with Crippen LogP contribution in [0.2, 0.25) is 5.02 Å². The van der Waals surface area contributed by atoms with E-state index < -0.39 is 11.9 Å². The maximum atomic E-state index is 12.3. The molecule has 2 atom stereocenters. The van der Waals surface area contributed by atoms with E-state index in [0.717, 1.165) is 12.8 Å². The second-order valence-corrected chi connectivity index (χ2v) is 5.63. The molecule has 1 aliphatic rings. The molecule has 0 radical (unpaired) electrons. The van der Waals surface area contributed by atoms with Crippen molar-refractivity contribution in [2.24, 2.45) is 5.92 Å². The first-order valence-electron chi connectivity index (χ1n) is 6.79. The van der Waals surface area contributed by atoms with Gasteiger partial charge in [-0.25, -0.2) is 0 Å². The number of rotatable bonds is 3. The van der Waals surface area contributed by atoms with Crippen molar-refractivity contribution in [2.45, 2.75) is 38.6 Å². The van der Waals surface area contributed by atoms with Crippen molar-refractivity contribution in [3.63, 3.8) is 0 Å². The van der Waals surface area contributed by atoms with Crippen molar-refractivity contribution in [1.82, 2.24) is 5.32 Å². The molecular weight excluding hydrogens is 278 g/mol. The lowest BCUT2D eigenvalue weighted by molar-refractivity contribution is -0.143. The van der Waals surface area contributed by atoms with Gasteiger partial charge in [-0.2, -0.15) is 0 Å². The first-order chi connectivity index (χ1) is 9.50. The fraction of sp³-hybridized carbons (Fsp3) is 0.467. The monoisotopic (exact) mass is 295 g/mol. The highest BCUT2D eigenvalue weighted by molar-refractivity contribution is 6.31. The lowest BCUT2D eigenvalue weighted by Crippen LogP contribution is -2.45. The van der Waals surface area contributed by atoms with Crippen LogP contribution in [0.4, 0.5) is 0 Å². The third kappa shape index (κ3) is 3.12. The molecule has 1 fully saturated rings. The van der Waals surface area contributed by atoms with Crippen molar-refractivity contribution >= 4 is 23.5 Å². The Kier molecular flexibility index (Phi) is 4.65. The minimum absolute atomic E-state index is 0.247. The van der Waals surface area contributed by atoms with Crippen LogP contribution in [0.15, 0.2) is 18.2 Å². The molecule has 5 heteroatoms. The molecule has 1 aliphatic carbocycles. The molecule has 1 saturated carbocycles. The standard InChI is InChI=1S/C15H18ClNO3/c1-9-10(6-4-7-12(9)16)14(18)17-13-8-3-2-5-11(13)15(19)20/h4,6-7,11,13H,2-3,5,8H2,1H3,(H,17,18)(H,19,20). The summed E-state index contributed by atoms with van der Waals surface area (Å²) in [6.07, 6.45) is 3.18. The third-order valence-electron chi connectivity index (χ3n) is 3.91. The quantitative estimate of drug-likeness (QED) is 0.901. The largest absolute Gasteiger partial charge is 0.481 e. The minimum Gasteiger partial charge on any atom is -0.481 e. The fourth-order valence-corrected chi connectivity index (χ4v) is 2.87. The molecular formula is C15H18ClNO3. The van der Waals surface area contributed by atoms with Gasteiger partial charge in [0.2, 0.25) is 0 Å². The van der Waals surface area contributed by atoms with Gasteiger partial charge >= 0.3 is 5.97 Å². The Morgan fingerprint density at radius 1 is 1.30 bits per heavy atom. The molecule has 2 N–H and O–H groups in total. The molecule has 0 spiro atoms. The van der Waals surface area contributed by atoms with E-state index in [9.17, 15) is 14.7 Å². The molecule has 0 aromatic heterocycles. The highest BCUT2D eigenvalue weighted by Gasteiger charge is 2.32. The van der Waals surface area contributed by atoms with Gasteiger partial charge in [0, 0.05) is 16.6 Å². The van der Waals surface area contributed by atoms with Crippen molar-refractivity contribution in [3.05, 3.63) is 34.3 Å². The molecule has 2 rings (SSSR count). The Labute approximate surface area is 123 Å². The van der Waals surface area contributed by atoms with E-state index in [1.165, 1.54) is 0 Å². The van der Waals surface area contributed by atoms with Crippen LogP contribution < -0.4 is 5.32 Å². The summed E-state index contributed by atoms with van der Waals surface area (Å²) >= 11 is 6.01. The number of carbonyl (C=O) groups is 2. The number of carboxylic acids is 1. The van der Waals surface area contributed by atoms with E-state index in [2.05, 4.69) is 5.32 Å². The first kappa shape index (κ1) is 14.9. The number of hydrogen-bond donors (Lipinski definition) is 2. The normalized spacial score (nSPS) is 22.3. The second-order valence-electron chi connectivity index (χ2n) is 5.22. The summed E-state index contributed by atoms with van der Waals surface area (Å²) in [4.78, 5) is 23.5. The minimum atomic E-state index is -0.835. The van der Waals surface area contributed by atoms with Crippen molar-refractivity contribution < 1.29 is 14.7 Å². The van der Waals surface area contributed by atoms with Crippen molar-refractivity contribution in [2.75, 3.05) is 0 Å². The molecule has 0 bridgehead atoms. The van der Waals surface area contributed by atoms with Crippen LogP contribution in [0.25, 0.3) is 0 Å². The number of halogens is 1. The van der Waals surface area contributed by atoms with Gasteiger partial charge in [0.15, 0.2) is 0 Å². The SMILES string of the molecule is Cc1c(Cl)cccc1C(=O)NC1CCCCC1C(=O)O. The van der Waals surface area contributed by atoms with Gasteiger partial charge in [0.1, 0.15) is 0 Å². The highest BCUT2D eigenvalue weighted by Crippen LogP contribution is 2.25. The molecule has 0 aliphatic heterocycles. The topological polar surface area (TPSA) is 66.4 Å². The van der Waals surface area contributed by atoms with Crippen LogP contribution in [0.1, 0.15) is 41.6 Å². The predicted octanol–water partition coefficient (Wildman–Crippen LogP) is 3.02. The Hall–Kier alpha value is -1.55. The number of amides is 1. The number of hydrogen-bond acceptors (Lipinski definition) is 2.